The van der Waals surface area contributed by atoms with Crippen molar-refractivity contribution in [2.24, 2.45) is 0 Å². The maximum absolute atomic E-state index is 8.73. The summed E-state index contributed by atoms with van der Waals surface area (Å²) in [6.07, 6.45) is 0.425. The van der Waals surface area contributed by atoms with E-state index in [4.69, 9.17) is 5.26 Å². The third-order valence-electron chi connectivity index (χ3n) is 3.15. The molecule has 92 valence electrons. The molecule has 0 aliphatic rings. The highest BCUT2D eigenvalue weighted by molar-refractivity contribution is 5.80. The molecule has 1 heterocycles. The molecule has 0 fully saturated rings. The van der Waals surface area contributed by atoms with E-state index < -0.39 is 0 Å². The van der Waals surface area contributed by atoms with Crippen LogP contribution in [0.1, 0.15) is 11.1 Å². The molecule has 0 spiro atoms. The summed E-state index contributed by atoms with van der Waals surface area (Å²) in [5, 5.41) is 8.73. The Morgan fingerprint density at radius 3 is 2.68 bits per heavy atom. The second-order valence-corrected chi connectivity index (χ2v) is 4.64. The summed E-state index contributed by atoms with van der Waals surface area (Å²) in [5.41, 5.74) is 5.22. The van der Waals surface area contributed by atoms with Gasteiger partial charge in [0.1, 0.15) is 5.82 Å². The van der Waals surface area contributed by atoms with E-state index in [1.54, 1.807) is 0 Å². The molecule has 0 amide bonds. The first-order chi connectivity index (χ1) is 9.26. The van der Waals surface area contributed by atoms with Crippen LogP contribution in [0.3, 0.4) is 0 Å². The highest BCUT2D eigenvalue weighted by Crippen LogP contribution is 2.21. The minimum absolute atomic E-state index is 0.425. The molecule has 0 aliphatic heterocycles. The second-order valence-electron chi connectivity index (χ2n) is 4.64. The van der Waals surface area contributed by atoms with Crippen LogP contribution in [0.25, 0.3) is 22.4 Å². The first-order valence-corrected chi connectivity index (χ1v) is 6.19. The van der Waals surface area contributed by atoms with Crippen LogP contribution in [0.2, 0.25) is 0 Å². The predicted molar refractivity (Wildman–Crippen MR) is 75.6 cm³/mol. The van der Waals surface area contributed by atoms with Crippen molar-refractivity contribution in [1.82, 2.24) is 9.97 Å². The molecule has 2 aromatic carbocycles. The van der Waals surface area contributed by atoms with Crippen LogP contribution in [-0.4, -0.2) is 9.97 Å². The van der Waals surface area contributed by atoms with Gasteiger partial charge in [-0.3, -0.25) is 0 Å². The van der Waals surface area contributed by atoms with Gasteiger partial charge in [-0.2, -0.15) is 5.26 Å². The summed E-state index contributed by atoms with van der Waals surface area (Å²) in [4.78, 5) is 7.89. The number of benzene rings is 2. The van der Waals surface area contributed by atoms with Gasteiger partial charge in [-0.1, -0.05) is 35.9 Å². The van der Waals surface area contributed by atoms with Gasteiger partial charge in [0.2, 0.25) is 0 Å². The lowest BCUT2D eigenvalue weighted by Crippen LogP contribution is -1.80. The van der Waals surface area contributed by atoms with Crippen molar-refractivity contribution in [3.05, 3.63) is 53.6 Å². The van der Waals surface area contributed by atoms with Crippen LogP contribution < -0.4 is 0 Å². The fourth-order valence-corrected chi connectivity index (χ4v) is 2.11. The van der Waals surface area contributed by atoms with E-state index in [-0.39, 0.29) is 0 Å². The van der Waals surface area contributed by atoms with Gasteiger partial charge >= 0.3 is 0 Å². The maximum atomic E-state index is 8.73. The number of imidazole rings is 1. The summed E-state index contributed by atoms with van der Waals surface area (Å²) >= 11 is 0. The van der Waals surface area contributed by atoms with E-state index in [1.807, 2.05) is 18.2 Å². The van der Waals surface area contributed by atoms with Gasteiger partial charge in [-0.25, -0.2) is 4.98 Å². The minimum Gasteiger partial charge on any atom is -0.338 e. The molecule has 0 aliphatic carbocycles. The van der Waals surface area contributed by atoms with Crippen LogP contribution in [0.4, 0.5) is 0 Å². The zero-order chi connectivity index (χ0) is 13.2. The molecule has 0 atom stereocenters. The second kappa shape index (κ2) is 4.58. The number of aromatic amines is 1. The Bertz CT molecular complexity index is 761. The number of rotatable bonds is 2. The number of hydrogen-bond donors (Lipinski definition) is 1. The molecule has 0 bridgehead atoms. The highest BCUT2D eigenvalue weighted by atomic mass is 14.9. The molecule has 3 heteroatoms. The van der Waals surface area contributed by atoms with Gasteiger partial charge in [0.05, 0.1) is 23.5 Å². The molecular formula is C16H13N3. The molecular weight excluding hydrogens is 234 g/mol. The monoisotopic (exact) mass is 247 g/mol. The Kier molecular flexibility index (Phi) is 2.77. The largest absolute Gasteiger partial charge is 0.338 e. The average Bonchev–Trinajstić information content (AvgIpc) is 2.83. The molecule has 1 N–H and O–H groups in total. The number of nitrogens with zero attached hydrogens (tertiary/aromatic N) is 2. The summed E-state index contributed by atoms with van der Waals surface area (Å²) in [6, 6.07) is 16.3. The van der Waals surface area contributed by atoms with Crippen LogP contribution in [0, 0.1) is 18.3 Å². The van der Waals surface area contributed by atoms with E-state index in [1.165, 1.54) is 5.56 Å². The highest BCUT2D eigenvalue weighted by Gasteiger charge is 2.05. The van der Waals surface area contributed by atoms with Gasteiger partial charge < -0.3 is 4.98 Å². The Hall–Kier alpha value is -2.60. The van der Waals surface area contributed by atoms with Crippen LogP contribution in [0.15, 0.2) is 42.5 Å². The lowest BCUT2D eigenvalue weighted by atomic mass is 10.1. The predicted octanol–water partition coefficient (Wildman–Crippen LogP) is 3.60. The number of fused-ring (bicyclic) bond motifs is 1. The average molecular weight is 247 g/mol. The topological polar surface area (TPSA) is 52.5 Å². The van der Waals surface area contributed by atoms with Crippen LogP contribution >= 0.6 is 0 Å². The molecule has 3 nitrogen and oxygen atoms in total. The van der Waals surface area contributed by atoms with E-state index in [2.05, 4.69) is 47.2 Å². The van der Waals surface area contributed by atoms with E-state index in [9.17, 15) is 0 Å². The van der Waals surface area contributed by atoms with E-state index in [0.717, 1.165) is 28.0 Å². The number of H-pyrrole nitrogens is 1. The van der Waals surface area contributed by atoms with Gasteiger partial charge in [0.15, 0.2) is 0 Å². The number of nitrogens with one attached hydrogen (secondary N) is 1. The Morgan fingerprint density at radius 2 is 1.95 bits per heavy atom. The molecule has 0 saturated heterocycles. The standard InChI is InChI=1S/C16H13N3/c1-11-2-5-13(6-3-11)16-18-14-7-4-12(8-9-17)10-15(14)19-16/h2-7,10H,8H2,1H3,(H,18,19). The third-order valence-corrected chi connectivity index (χ3v) is 3.15. The van der Waals surface area contributed by atoms with Crippen molar-refractivity contribution in [2.45, 2.75) is 13.3 Å². The van der Waals surface area contributed by atoms with Crippen molar-refractivity contribution < 1.29 is 0 Å². The molecule has 3 aromatic rings. The molecule has 3 rings (SSSR count). The summed E-state index contributed by atoms with van der Waals surface area (Å²) < 4.78 is 0. The Balaban J connectivity index is 2.06. The lowest BCUT2D eigenvalue weighted by Gasteiger charge is -1.96. The molecule has 1 aromatic heterocycles. The number of aryl methyl sites for hydroxylation is 1. The first kappa shape index (κ1) is 11.5. The molecule has 0 unspecified atom stereocenters. The van der Waals surface area contributed by atoms with Gasteiger partial charge in [0, 0.05) is 5.56 Å². The Labute approximate surface area is 111 Å². The molecule has 0 saturated carbocycles. The summed E-state index contributed by atoms with van der Waals surface area (Å²) in [5.74, 6) is 0.865. The zero-order valence-electron chi connectivity index (χ0n) is 10.6. The quantitative estimate of drug-likeness (QED) is 0.752. The van der Waals surface area contributed by atoms with Crippen molar-refractivity contribution in [2.75, 3.05) is 0 Å². The zero-order valence-corrected chi connectivity index (χ0v) is 10.6. The normalized spacial score (nSPS) is 10.5. The lowest BCUT2D eigenvalue weighted by molar-refractivity contribution is 1.27. The van der Waals surface area contributed by atoms with Crippen molar-refractivity contribution in [3.63, 3.8) is 0 Å². The van der Waals surface area contributed by atoms with Crippen LogP contribution in [0.5, 0.6) is 0 Å². The summed E-state index contributed by atoms with van der Waals surface area (Å²) in [6.45, 7) is 2.07. The van der Waals surface area contributed by atoms with E-state index in [0.29, 0.717) is 6.42 Å². The van der Waals surface area contributed by atoms with Gasteiger partial charge in [-0.15, -0.1) is 0 Å². The number of aromatic nitrogens is 2. The molecule has 0 radical (unpaired) electrons. The maximum Gasteiger partial charge on any atom is 0.138 e. The third kappa shape index (κ3) is 2.21. The van der Waals surface area contributed by atoms with Crippen molar-refractivity contribution in [3.8, 4) is 17.5 Å². The van der Waals surface area contributed by atoms with E-state index >= 15 is 0 Å². The van der Waals surface area contributed by atoms with Crippen molar-refractivity contribution in [1.29, 1.82) is 5.26 Å². The SMILES string of the molecule is Cc1ccc(-c2nc3ccc(CC#N)cc3[nH]2)cc1. The first-order valence-electron chi connectivity index (χ1n) is 6.19. The minimum atomic E-state index is 0.425. The fourth-order valence-electron chi connectivity index (χ4n) is 2.11. The number of nitriles is 1. The fraction of sp³-hybridized carbons (Fsp3) is 0.125. The smallest absolute Gasteiger partial charge is 0.138 e. The van der Waals surface area contributed by atoms with Crippen LogP contribution in [-0.2, 0) is 6.42 Å². The molecule has 19 heavy (non-hydrogen) atoms. The van der Waals surface area contributed by atoms with Crippen molar-refractivity contribution >= 4 is 11.0 Å². The van der Waals surface area contributed by atoms with Gasteiger partial charge in [-0.05, 0) is 24.6 Å². The summed E-state index contributed by atoms with van der Waals surface area (Å²) in [7, 11) is 0. The number of hydrogen-bond acceptors (Lipinski definition) is 2. The Morgan fingerprint density at radius 1 is 1.16 bits per heavy atom. The van der Waals surface area contributed by atoms with Gasteiger partial charge in [0.25, 0.3) is 0 Å².